The summed E-state index contributed by atoms with van der Waals surface area (Å²) in [4.78, 5) is 47.9. The Morgan fingerprint density at radius 3 is 2.40 bits per heavy atom. The van der Waals surface area contributed by atoms with Gasteiger partial charge in [-0.1, -0.05) is 32.9 Å². The molecule has 1 aliphatic heterocycles. The van der Waals surface area contributed by atoms with Gasteiger partial charge in [0.05, 0.1) is 5.56 Å². The smallest absolute Gasteiger partial charge is 0.255 e. The topological polar surface area (TPSA) is 83.6 Å². The van der Waals surface area contributed by atoms with Gasteiger partial charge in [-0.3, -0.25) is 24.5 Å². The summed E-state index contributed by atoms with van der Waals surface area (Å²) in [6.45, 7) is 8.24. The fourth-order valence-corrected chi connectivity index (χ4v) is 2.41. The molecule has 0 spiro atoms. The second-order valence-corrected chi connectivity index (χ2v) is 6.77. The third-order valence-corrected chi connectivity index (χ3v) is 3.67. The average molecular weight is 346 g/mol. The summed E-state index contributed by atoms with van der Waals surface area (Å²) in [5.41, 5.74) is 1.28. The lowest BCUT2D eigenvalue weighted by Crippen LogP contribution is -2.53. The molecule has 1 heterocycles. The molecule has 0 bridgehead atoms. The van der Waals surface area contributed by atoms with Gasteiger partial charge in [-0.15, -0.1) is 0 Å². The van der Waals surface area contributed by atoms with E-state index in [4.69, 9.17) is 0 Å². The van der Waals surface area contributed by atoms with Crippen molar-refractivity contribution in [2.24, 2.45) is 5.92 Å². The molecule has 0 radical (unpaired) electrons. The number of hydrogen-bond donors (Lipinski definition) is 1. The third kappa shape index (κ3) is 5.52. The molecule has 3 amide bonds. The van der Waals surface area contributed by atoms with E-state index in [9.17, 15) is 19.2 Å². The lowest BCUT2D eigenvalue weighted by Gasteiger charge is -2.30. The van der Waals surface area contributed by atoms with E-state index in [1.54, 1.807) is 25.1 Å². The molecule has 0 aromatic heterocycles. The van der Waals surface area contributed by atoms with Crippen LogP contribution in [0.4, 0.5) is 0 Å². The lowest BCUT2D eigenvalue weighted by atomic mass is 9.99. The van der Waals surface area contributed by atoms with E-state index in [2.05, 4.69) is 26.1 Å². The highest BCUT2D eigenvalue weighted by atomic mass is 16.2. The Morgan fingerprint density at radius 1 is 1.28 bits per heavy atom. The molecule has 6 heteroatoms. The van der Waals surface area contributed by atoms with Gasteiger partial charge < -0.3 is 4.90 Å². The van der Waals surface area contributed by atoms with Gasteiger partial charge in [-0.25, -0.2) is 0 Å². The van der Waals surface area contributed by atoms with Gasteiger partial charge in [0.1, 0.15) is 6.04 Å². The number of piperidine rings is 1. The largest absolute Gasteiger partial charge is 0.330 e. The molecule has 1 saturated heterocycles. The fraction of sp³-hybridized carbons (Fsp3) is 0.474. The zero-order valence-corrected chi connectivity index (χ0v) is 15.5. The van der Waals surface area contributed by atoms with Crippen LogP contribution in [0.2, 0.25) is 0 Å². The molecular weight excluding hydrogens is 320 g/mol. The first-order valence-electron chi connectivity index (χ1n) is 8.34. The molecule has 6 nitrogen and oxygen atoms in total. The summed E-state index contributed by atoms with van der Waals surface area (Å²) in [5.74, 6) is -0.390. The van der Waals surface area contributed by atoms with Crippen molar-refractivity contribution < 1.29 is 19.2 Å². The standard InChI is InChI=1S/C15H16N2O4.C4H10/c1-9-4-3-5-10(11(9)8-18)15(21)17(2)12-6-7-13(19)16-14(12)20;1-4(2)3/h3-5,8,12H,6-7H2,1-2H3,(H,16,19,20);4H,1-3H3. The number of carbonyl (C=O) groups excluding carboxylic acids is 4. The van der Waals surface area contributed by atoms with E-state index in [0.29, 0.717) is 17.4 Å². The number of likely N-dealkylation sites (N-methyl/N-ethyl adjacent to an activating group) is 1. The highest BCUT2D eigenvalue weighted by Gasteiger charge is 2.33. The van der Waals surface area contributed by atoms with E-state index >= 15 is 0 Å². The highest BCUT2D eigenvalue weighted by Crippen LogP contribution is 2.18. The van der Waals surface area contributed by atoms with Crippen molar-refractivity contribution >= 4 is 24.0 Å². The van der Waals surface area contributed by atoms with Gasteiger partial charge >= 0.3 is 0 Å². The van der Waals surface area contributed by atoms with E-state index < -0.39 is 17.9 Å². The zero-order valence-electron chi connectivity index (χ0n) is 15.5. The number of nitrogens with one attached hydrogen (secondary N) is 1. The van der Waals surface area contributed by atoms with Crippen LogP contribution >= 0.6 is 0 Å². The Bertz CT molecular complexity index is 665. The fourth-order valence-electron chi connectivity index (χ4n) is 2.41. The van der Waals surface area contributed by atoms with Crippen LogP contribution in [0.15, 0.2) is 18.2 Å². The third-order valence-electron chi connectivity index (χ3n) is 3.67. The number of carbonyl (C=O) groups is 4. The Balaban J connectivity index is 0.000000705. The molecular formula is C19H26N2O4. The van der Waals surface area contributed by atoms with Gasteiger partial charge in [-0.05, 0) is 30.9 Å². The first-order valence-corrected chi connectivity index (χ1v) is 8.34. The van der Waals surface area contributed by atoms with Gasteiger partial charge in [0, 0.05) is 19.0 Å². The maximum atomic E-state index is 12.5. The summed E-state index contributed by atoms with van der Waals surface area (Å²) >= 11 is 0. The zero-order chi connectivity index (χ0) is 19.1. The van der Waals surface area contributed by atoms with Crippen LogP contribution in [0, 0.1) is 12.8 Å². The molecule has 1 aromatic rings. The molecule has 1 unspecified atom stereocenters. The predicted octanol–water partition coefficient (Wildman–Crippen LogP) is 2.35. The second-order valence-electron chi connectivity index (χ2n) is 6.77. The van der Waals surface area contributed by atoms with Crippen LogP contribution in [-0.2, 0) is 9.59 Å². The minimum Gasteiger partial charge on any atom is -0.330 e. The van der Waals surface area contributed by atoms with Crippen LogP contribution in [0.25, 0.3) is 0 Å². The predicted molar refractivity (Wildman–Crippen MR) is 95.3 cm³/mol. The number of aldehydes is 1. The van der Waals surface area contributed by atoms with E-state index in [1.165, 1.54) is 11.9 Å². The van der Waals surface area contributed by atoms with Gasteiger partial charge in [0.25, 0.3) is 5.91 Å². The molecule has 0 saturated carbocycles. The maximum absolute atomic E-state index is 12.5. The number of imide groups is 1. The summed E-state index contributed by atoms with van der Waals surface area (Å²) < 4.78 is 0. The average Bonchev–Trinajstić information content (AvgIpc) is 2.52. The molecule has 1 N–H and O–H groups in total. The maximum Gasteiger partial charge on any atom is 0.255 e. The molecule has 136 valence electrons. The van der Waals surface area contributed by atoms with Crippen LogP contribution in [0.5, 0.6) is 0 Å². The van der Waals surface area contributed by atoms with Crippen molar-refractivity contribution in [2.45, 2.75) is 46.6 Å². The number of hydrogen-bond acceptors (Lipinski definition) is 4. The number of rotatable bonds is 3. The van der Waals surface area contributed by atoms with Crippen LogP contribution in [-0.4, -0.2) is 42.0 Å². The number of amides is 3. The molecule has 0 aliphatic carbocycles. The van der Waals surface area contributed by atoms with E-state index in [1.807, 2.05) is 0 Å². The van der Waals surface area contributed by atoms with Crippen molar-refractivity contribution in [1.29, 1.82) is 0 Å². The van der Waals surface area contributed by atoms with Gasteiger partial charge in [0.15, 0.2) is 6.29 Å². The molecule has 2 rings (SSSR count). The first kappa shape index (κ1) is 20.5. The Kier molecular flexibility index (Phi) is 7.48. The van der Waals surface area contributed by atoms with Gasteiger partial charge in [0.2, 0.25) is 11.8 Å². The number of aryl methyl sites for hydroxylation is 1. The lowest BCUT2D eigenvalue weighted by molar-refractivity contribution is -0.136. The summed E-state index contributed by atoms with van der Waals surface area (Å²) in [6.07, 6.45) is 1.12. The minimum atomic E-state index is -0.699. The Labute approximate surface area is 148 Å². The van der Waals surface area contributed by atoms with Crippen LogP contribution in [0.1, 0.15) is 59.9 Å². The van der Waals surface area contributed by atoms with Crippen molar-refractivity contribution in [3.05, 3.63) is 34.9 Å². The Morgan fingerprint density at radius 2 is 1.88 bits per heavy atom. The number of benzene rings is 1. The summed E-state index contributed by atoms with van der Waals surface area (Å²) in [5, 5.41) is 2.22. The van der Waals surface area contributed by atoms with Crippen molar-refractivity contribution in [1.82, 2.24) is 10.2 Å². The van der Waals surface area contributed by atoms with Crippen LogP contribution < -0.4 is 5.32 Å². The summed E-state index contributed by atoms with van der Waals surface area (Å²) in [7, 11) is 1.50. The quantitative estimate of drug-likeness (QED) is 0.673. The molecule has 1 aliphatic rings. The molecule has 1 fully saturated rings. The SMILES string of the molecule is CC(C)C.Cc1cccc(C(=O)N(C)C2CCC(=O)NC2=O)c1C=O. The minimum absolute atomic E-state index is 0.197. The van der Waals surface area contributed by atoms with Crippen LogP contribution in [0.3, 0.4) is 0 Å². The number of nitrogens with zero attached hydrogens (tertiary/aromatic N) is 1. The molecule has 1 aromatic carbocycles. The van der Waals surface area contributed by atoms with E-state index in [-0.39, 0.29) is 24.3 Å². The first-order chi connectivity index (χ1) is 11.7. The highest BCUT2D eigenvalue weighted by molar-refractivity contribution is 6.06. The van der Waals surface area contributed by atoms with Crippen molar-refractivity contribution in [2.75, 3.05) is 7.05 Å². The Hall–Kier alpha value is -2.50. The second kappa shape index (κ2) is 9.11. The van der Waals surface area contributed by atoms with Crippen molar-refractivity contribution in [3.63, 3.8) is 0 Å². The van der Waals surface area contributed by atoms with Gasteiger partial charge in [-0.2, -0.15) is 0 Å². The molecule has 1 atom stereocenters. The molecule has 25 heavy (non-hydrogen) atoms. The monoisotopic (exact) mass is 346 g/mol. The normalized spacial score (nSPS) is 16.6. The summed E-state index contributed by atoms with van der Waals surface area (Å²) in [6, 6.07) is 4.29. The van der Waals surface area contributed by atoms with Crippen molar-refractivity contribution in [3.8, 4) is 0 Å². The van der Waals surface area contributed by atoms with E-state index in [0.717, 1.165) is 5.92 Å².